The molecule has 0 bridgehead atoms. The lowest BCUT2D eigenvalue weighted by Crippen LogP contribution is -2.35. The predicted octanol–water partition coefficient (Wildman–Crippen LogP) is 2.33. The topological polar surface area (TPSA) is 79.5 Å². The van der Waals surface area contributed by atoms with Crippen LogP contribution in [0.1, 0.15) is 20.7 Å². The number of carbonyl (C=O) groups is 2. The molecule has 2 aromatic carbocycles. The molecule has 0 aliphatic heterocycles. The molecule has 0 saturated carbocycles. The third-order valence-corrected chi connectivity index (χ3v) is 3.56. The minimum absolute atomic E-state index is 0.0459. The van der Waals surface area contributed by atoms with Crippen LogP contribution in [0.15, 0.2) is 48.5 Å². The van der Waals surface area contributed by atoms with Gasteiger partial charge in [-0.1, -0.05) is 24.3 Å². The molecule has 3 N–H and O–H groups in total. The predicted molar refractivity (Wildman–Crippen MR) is 101 cm³/mol. The summed E-state index contributed by atoms with van der Waals surface area (Å²) in [5.41, 5.74) is 0.648. The van der Waals surface area contributed by atoms with Crippen LogP contribution in [0.2, 0.25) is 0 Å². The van der Waals surface area contributed by atoms with Crippen LogP contribution in [-0.2, 0) is 4.74 Å². The van der Waals surface area contributed by atoms with E-state index < -0.39 is 11.7 Å². The van der Waals surface area contributed by atoms with Gasteiger partial charge in [-0.05, 0) is 36.5 Å². The molecule has 136 valence electrons. The van der Waals surface area contributed by atoms with E-state index in [0.29, 0.717) is 24.4 Å². The average Bonchev–Trinajstić information content (AvgIpc) is 2.62. The first-order valence-electron chi connectivity index (χ1n) is 7.76. The number of hydrogen-bond donors (Lipinski definition) is 3. The Hall–Kier alpha value is -2.84. The van der Waals surface area contributed by atoms with E-state index in [1.807, 2.05) is 0 Å². The molecule has 0 aliphatic carbocycles. The van der Waals surface area contributed by atoms with Gasteiger partial charge < -0.3 is 15.4 Å². The maximum Gasteiger partial charge on any atom is 0.260 e. The van der Waals surface area contributed by atoms with Crippen LogP contribution < -0.4 is 16.0 Å². The Labute approximate surface area is 155 Å². The molecule has 2 rings (SSSR count). The second-order valence-corrected chi connectivity index (χ2v) is 5.59. The number of thiocarbonyl (C=S) groups is 1. The molecule has 0 heterocycles. The van der Waals surface area contributed by atoms with E-state index >= 15 is 0 Å². The van der Waals surface area contributed by atoms with Crippen molar-refractivity contribution in [2.24, 2.45) is 0 Å². The lowest BCUT2D eigenvalue weighted by atomic mass is 10.1. The second-order valence-electron chi connectivity index (χ2n) is 5.18. The molecular weight excluding hydrogens is 357 g/mol. The number of hydrogen-bond acceptors (Lipinski definition) is 4. The van der Waals surface area contributed by atoms with Gasteiger partial charge in [0.1, 0.15) is 5.82 Å². The van der Waals surface area contributed by atoms with E-state index in [1.54, 1.807) is 37.4 Å². The summed E-state index contributed by atoms with van der Waals surface area (Å²) in [6, 6.07) is 12.3. The minimum Gasteiger partial charge on any atom is -0.383 e. The molecular formula is C18H18FN3O3S. The summed E-state index contributed by atoms with van der Waals surface area (Å²) in [6.45, 7) is 0.747. The van der Waals surface area contributed by atoms with E-state index in [0.717, 1.165) is 0 Å². The first-order valence-corrected chi connectivity index (χ1v) is 8.16. The van der Waals surface area contributed by atoms with Crippen molar-refractivity contribution < 1.29 is 18.7 Å². The summed E-state index contributed by atoms with van der Waals surface area (Å²) >= 11 is 5.09. The van der Waals surface area contributed by atoms with Gasteiger partial charge >= 0.3 is 0 Å². The first kappa shape index (κ1) is 19.5. The molecule has 0 atom stereocenters. The molecule has 2 amide bonds. The zero-order chi connectivity index (χ0) is 18.9. The second kappa shape index (κ2) is 9.59. The number of para-hydroxylation sites is 1. The summed E-state index contributed by atoms with van der Waals surface area (Å²) in [4.78, 5) is 24.3. The average molecular weight is 375 g/mol. The van der Waals surface area contributed by atoms with Gasteiger partial charge in [0.05, 0.1) is 23.4 Å². The Balaban J connectivity index is 2.04. The van der Waals surface area contributed by atoms with Gasteiger partial charge in [0.25, 0.3) is 11.8 Å². The number of nitrogens with one attached hydrogen (secondary N) is 3. The monoisotopic (exact) mass is 375 g/mol. The van der Waals surface area contributed by atoms with Crippen LogP contribution >= 0.6 is 12.2 Å². The van der Waals surface area contributed by atoms with Crippen molar-refractivity contribution in [2.45, 2.75) is 0 Å². The first-order chi connectivity index (χ1) is 12.5. The number of methoxy groups -OCH3 is 1. The summed E-state index contributed by atoms with van der Waals surface area (Å²) in [6.07, 6.45) is 0. The summed E-state index contributed by atoms with van der Waals surface area (Å²) < 4.78 is 18.5. The zero-order valence-corrected chi connectivity index (χ0v) is 14.9. The largest absolute Gasteiger partial charge is 0.383 e. The van der Waals surface area contributed by atoms with Crippen molar-refractivity contribution in [3.63, 3.8) is 0 Å². The SMILES string of the molecule is COCCNC(=O)c1ccccc1NC(=S)NC(=O)c1ccccc1F. The van der Waals surface area contributed by atoms with E-state index in [2.05, 4.69) is 16.0 Å². The van der Waals surface area contributed by atoms with Gasteiger partial charge in [-0.15, -0.1) is 0 Å². The van der Waals surface area contributed by atoms with Crippen LogP contribution in [0.25, 0.3) is 0 Å². The van der Waals surface area contributed by atoms with Crippen molar-refractivity contribution in [1.29, 1.82) is 0 Å². The van der Waals surface area contributed by atoms with Gasteiger partial charge in [0, 0.05) is 13.7 Å². The lowest BCUT2D eigenvalue weighted by Gasteiger charge is -2.13. The highest BCUT2D eigenvalue weighted by atomic mass is 32.1. The number of amides is 2. The van der Waals surface area contributed by atoms with E-state index in [4.69, 9.17) is 17.0 Å². The molecule has 8 heteroatoms. The van der Waals surface area contributed by atoms with Crippen LogP contribution in [0, 0.1) is 5.82 Å². The van der Waals surface area contributed by atoms with Crippen molar-refractivity contribution >= 4 is 34.8 Å². The Bertz CT molecular complexity index is 814. The zero-order valence-electron chi connectivity index (χ0n) is 14.0. The number of carbonyl (C=O) groups excluding carboxylic acids is 2. The number of anilines is 1. The Morgan fingerprint density at radius 1 is 1.04 bits per heavy atom. The molecule has 0 aliphatic rings. The molecule has 26 heavy (non-hydrogen) atoms. The number of ether oxygens (including phenoxy) is 1. The molecule has 0 radical (unpaired) electrons. The Morgan fingerprint density at radius 2 is 1.69 bits per heavy atom. The molecule has 2 aromatic rings. The fourth-order valence-electron chi connectivity index (χ4n) is 2.12. The van der Waals surface area contributed by atoms with Crippen LogP contribution in [0.4, 0.5) is 10.1 Å². The minimum atomic E-state index is -0.678. The van der Waals surface area contributed by atoms with Gasteiger partial charge in [-0.3, -0.25) is 14.9 Å². The summed E-state index contributed by atoms with van der Waals surface area (Å²) in [7, 11) is 1.54. The van der Waals surface area contributed by atoms with Crippen molar-refractivity contribution in [1.82, 2.24) is 10.6 Å². The van der Waals surface area contributed by atoms with Crippen LogP contribution in [0.3, 0.4) is 0 Å². The quantitative estimate of drug-likeness (QED) is 0.533. The van der Waals surface area contributed by atoms with E-state index in [-0.39, 0.29) is 16.6 Å². The highest BCUT2D eigenvalue weighted by molar-refractivity contribution is 7.80. The lowest BCUT2D eigenvalue weighted by molar-refractivity contribution is 0.0936. The summed E-state index contributed by atoms with van der Waals surface area (Å²) in [5.74, 6) is -1.64. The van der Waals surface area contributed by atoms with Crippen LogP contribution in [-0.4, -0.2) is 37.2 Å². The molecule has 0 spiro atoms. The smallest absolute Gasteiger partial charge is 0.260 e. The van der Waals surface area contributed by atoms with E-state index in [1.165, 1.54) is 18.2 Å². The summed E-state index contributed by atoms with van der Waals surface area (Å²) in [5, 5.41) is 7.84. The normalized spacial score (nSPS) is 10.1. The molecule has 0 unspecified atom stereocenters. The highest BCUT2D eigenvalue weighted by Crippen LogP contribution is 2.15. The molecule has 6 nitrogen and oxygen atoms in total. The molecule has 0 saturated heterocycles. The van der Waals surface area contributed by atoms with Gasteiger partial charge in [0.2, 0.25) is 0 Å². The third kappa shape index (κ3) is 5.33. The fraction of sp³-hybridized carbons (Fsp3) is 0.167. The molecule has 0 fully saturated rings. The fourth-order valence-corrected chi connectivity index (χ4v) is 2.32. The van der Waals surface area contributed by atoms with Gasteiger partial charge in [-0.2, -0.15) is 0 Å². The molecule has 0 aromatic heterocycles. The maximum absolute atomic E-state index is 13.6. The standard InChI is InChI=1S/C18H18FN3O3S/c1-25-11-10-20-16(23)13-7-3-5-9-15(13)21-18(26)22-17(24)12-6-2-4-8-14(12)19/h2-9H,10-11H2,1H3,(H,20,23)(H2,21,22,24,26). The maximum atomic E-state index is 13.6. The van der Waals surface area contributed by atoms with E-state index in [9.17, 15) is 14.0 Å². The number of rotatable bonds is 6. The van der Waals surface area contributed by atoms with Crippen molar-refractivity contribution in [3.8, 4) is 0 Å². The van der Waals surface area contributed by atoms with Gasteiger partial charge in [0.15, 0.2) is 5.11 Å². The van der Waals surface area contributed by atoms with Crippen LogP contribution in [0.5, 0.6) is 0 Å². The Kier molecular flexibility index (Phi) is 7.19. The number of benzene rings is 2. The Morgan fingerprint density at radius 3 is 2.38 bits per heavy atom. The third-order valence-electron chi connectivity index (χ3n) is 3.36. The highest BCUT2D eigenvalue weighted by Gasteiger charge is 2.15. The van der Waals surface area contributed by atoms with Crippen molar-refractivity contribution in [2.75, 3.05) is 25.6 Å². The number of halogens is 1. The van der Waals surface area contributed by atoms with Gasteiger partial charge in [-0.25, -0.2) is 4.39 Å². The van der Waals surface area contributed by atoms with Crippen molar-refractivity contribution in [3.05, 3.63) is 65.5 Å².